The smallest absolute Gasteiger partial charge is 0.168 e. The quantitative estimate of drug-likeness (QED) is 0.745. The van der Waals surface area contributed by atoms with E-state index >= 15 is 0 Å². The minimum atomic E-state index is 0.686. The van der Waals surface area contributed by atoms with Crippen LogP contribution < -0.4 is 5.32 Å². The van der Waals surface area contributed by atoms with Gasteiger partial charge in [-0.1, -0.05) is 19.3 Å². The number of thiocarbonyl (C=S) groups is 1. The van der Waals surface area contributed by atoms with Gasteiger partial charge >= 0.3 is 0 Å². The normalized spacial score (nSPS) is 22.5. The van der Waals surface area contributed by atoms with Crippen molar-refractivity contribution in [3.8, 4) is 0 Å². The maximum absolute atomic E-state index is 5.38. The van der Waals surface area contributed by atoms with E-state index in [-0.39, 0.29) is 0 Å². The van der Waals surface area contributed by atoms with Gasteiger partial charge in [-0.2, -0.15) is 0 Å². The second-order valence-electron chi connectivity index (χ2n) is 5.11. The number of nitrogens with one attached hydrogen (secondary N) is 1. The van der Waals surface area contributed by atoms with Gasteiger partial charge < -0.3 is 10.2 Å². The largest absolute Gasteiger partial charge is 0.360 e. The van der Waals surface area contributed by atoms with Gasteiger partial charge in [0.1, 0.15) is 0 Å². The first-order valence-electron chi connectivity index (χ1n) is 6.27. The average molecular weight is 226 g/mol. The van der Waals surface area contributed by atoms with Gasteiger partial charge in [0.05, 0.1) is 0 Å². The van der Waals surface area contributed by atoms with E-state index < -0.39 is 0 Å². The molecule has 0 amide bonds. The summed E-state index contributed by atoms with van der Waals surface area (Å²) >= 11 is 5.38. The van der Waals surface area contributed by atoms with Crippen molar-refractivity contribution in [2.45, 2.75) is 51.0 Å². The van der Waals surface area contributed by atoms with Crippen LogP contribution in [0.5, 0.6) is 0 Å². The summed E-state index contributed by atoms with van der Waals surface area (Å²) in [6.45, 7) is 1.15. The SMILES string of the molecule is CN(CC1CCCCC1)C(=S)NC1CC1. The number of hydrogen-bond acceptors (Lipinski definition) is 1. The van der Waals surface area contributed by atoms with Crippen molar-refractivity contribution in [1.82, 2.24) is 10.2 Å². The highest BCUT2D eigenvalue weighted by atomic mass is 32.1. The van der Waals surface area contributed by atoms with Crippen LogP contribution in [0, 0.1) is 5.92 Å². The molecule has 2 aliphatic carbocycles. The molecule has 0 aromatic carbocycles. The first-order valence-corrected chi connectivity index (χ1v) is 6.68. The van der Waals surface area contributed by atoms with Crippen LogP contribution in [0.1, 0.15) is 44.9 Å². The molecule has 0 aliphatic heterocycles. The van der Waals surface area contributed by atoms with Crippen molar-refractivity contribution < 1.29 is 0 Å². The predicted octanol–water partition coefficient (Wildman–Crippen LogP) is 2.54. The molecule has 2 saturated carbocycles. The van der Waals surface area contributed by atoms with E-state index in [0.717, 1.165) is 17.6 Å². The third-order valence-electron chi connectivity index (χ3n) is 3.51. The summed E-state index contributed by atoms with van der Waals surface area (Å²) in [5.41, 5.74) is 0. The van der Waals surface area contributed by atoms with Crippen LogP contribution in [0.3, 0.4) is 0 Å². The molecule has 0 spiro atoms. The molecule has 2 rings (SSSR count). The van der Waals surface area contributed by atoms with E-state index in [9.17, 15) is 0 Å². The van der Waals surface area contributed by atoms with E-state index in [1.165, 1.54) is 44.9 Å². The summed E-state index contributed by atoms with van der Waals surface area (Å²) in [7, 11) is 2.13. The monoisotopic (exact) mass is 226 g/mol. The minimum absolute atomic E-state index is 0.686. The van der Waals surface area contributed by atoms with Gasteiger partial charge in [-0.05, 0) is 43.8 Å². The fourth-order valence-corrected chi connectivity index (χ4v) is 2.59. The van der Waals surface area contributed by atoms with E-state index in [4.69, 9.17) is 12.2 Å². The van der Waals surface area contributed by atoms with Crippen molar-refractivity contribution in [3.05, 3.63) is 0 Å². The molecule has 1 N–H and O–H groups in total. The average Bonchev–Trinajstić information content (AvgIpc) is 3.03. The van der Waals surface area contributed by atoms with E-state index in [1.54, 1.807) is 0 Å². The first kappa shape index (κ1) is 11.2. The lowest BCUT2D eigenvalue weighted by Crippen LogP contribution is -2.40. The lowest BCUT2D eigenvalue weighted by atomic mass is 9.89. The van der Waals surface area contributed by atoms with Gasteiger partial charge in [0.25, 0.3) is 0 Å². The fraction of sp³-hybridized carbons (Fsp3) is 0.917. The standard InChI is InChI=1S/C12H22N2S/c1-14(12(15)13-11-7-8-11)9-10-5-3-2-4-6-10/h10-11H,2-9H2,1H3,(H,13,15). The van der Waals surface area contributed by atoms with Gasteiger partial charge in [-0.25, -0.2) is 0 Å². The van der Waals surface area contributed by atoms with Gasteiger partial charge in [-0.3, -0.25) is 0 Å². The Morgan fingerprint density at radius 3 is 2.47 bits per heavy atom. The Morgan fingerprint density at radius 1 is 1.20 bits per heavy atom. The Hall–Kier alpha value is -0.310. The highest BCUT2D eigenvalue weighted by Gasteiger charge is 2.24. The van der Waals surface area contributed by atoms with Crippen molar-refractivity contribution >= 4 is 17.3 Å². The molecule has 3 heteroatoms. The van der Waals surface area contributed by atoms with E-state index in [1.807, 2.05) is 0 Å². The Morgan fingerprint density at radius 2 is 1.87 bits per heavy atom. The van der Waals surface area contributed by atoms with Crippen molar-refractivity contribution in [2.24, 2.45) is 5.92 Å². The topological polar surface area (TPSA) is 15.3 Å². The lowest BCUT2D eigenvalue weighted by molar-refractivity contribution is 0.294. The molecular weight excluding hydrogens is 204 g/mol. The molecule has 2 aliphatic rings. The third-order valence-corrected chi connectivity index (χ3v) is 3.94. The molecule has 0 unspecified atom stereocenters. The van der Waals surface area contributed by atoms with E-state index in [0.29, 0.717) is 6.04 Å². The molecule has 0 bridgehead atoms. The molecule has 15 heavy (non-hydrogen) atoms. The van der Waals surface area contributed by atoms with Crippen molar-refractivity contribution in [1.29, 1.82) is 0 Å². The van der Waals surface area contributed by atoms with Crippen LogP contribution in [0.4, 0.5) is 0 Å². The van der Waals surface area contributed by atoms with Crippen molar-refractivity contribution in [3.63, 3.8) is 0 Å². The van der Waals surface area contributed by atoms with Gasteiger partial charge in [0.2, 0.25) is 0 Å². The minimum Gasteiger partial charge on any atom is -0.360 e. The van der Waals surface area contributed by atoms with Crippen molar-refractivity contribution in [2.75, 3.05) is 13.6 Å². The highest BCUT2D eigenvalue weighted by Crippen LogP contribution is 2.24. The summed E-state index contributed by atoms with van der Waals surface area (Å²) in [6.07, 6.45) is 9.68. The first-order chi connectivity index (χ1) is 7.25. The van der Waals surface area contributed by atoms with Gasteiger partial charge in [0, 0.05) is 19.6 Å². The summed E-state index contributed by atoms with van der Waals surface area (Å²) in [4.78, 5) is 2.24. The van der Waals surface area contributed by atoms with Gasteiger partial charge in [-0.15, -0.1) is 0 Å². The third kappa shape index (κ3) is 3.63. The molecule has 0 heterocycles. The second-order valence-corrected chi connectivity index (χ2v) is 5.50. The number of nitrogens with zero attached hydrogens (tertiary/aromatic N) is 1. The lowest BCUT2D eigenvalue weighted by Gasteiger charge is -2.28. The summed E-state index contributed by atoms with van der Waals surface area (Å²) in [5.74, 6) is 0.878. The zero-order valence-corrected chi connectivity index (χ0v) is 10.5. The maximum Gasteiger partial charge on any atom is 0.168 e. The van der Waals surface area contributed by atoms with Crippen LogP contribution in [-0.2, 0) is 0 Å². The Kier molecular flexibility index (Phi) is 3.84. The molecule has 0 aromatic rings. The second kappa shape index (κ2) is 5.15. The zero-order chi connectivity index (χ0) is 10.7. The maximum atomic E-state index is 5.38. The Balaban J connectivity index is 1.69. The fourth-order valence-electron chi connectivity index (χ4n) is 2.35. The molecular formula is C12H22N2S. The van der Waals surface area contributed by atoms with Crippen LogP contribution in [0.2, 0.25) is 0 Å². The Bertz CT molecular complexity index is 220. The van der Waals surface area contributed by atoms with Crippen LogP contribution in [0.25, 0.3) is 0 Å². The summed E-state index contributed by atoms with van der Waals surface area (Å²) in [6, 6.07) is 0.686. The summed E-state index contributed by atoms with van der Waals surface area (Å²) < 4.78 is 0. The summed E-state index contributed by atoms with van der Waals surface area (Å²) in [5, 5.41) is 4.36. The molecule has 2 fully saturated rings. The Labute approximate surface area is 98.4 Å². The van der Waals surface area contributed by atoms with Crippen LogP contribution in [-0.4, -0.2) is 29.6 Å². The van der Waals surface area contributed by atoms with E-state index in [2.05, 4.69) is 17.3 Å². The predicted molar refractivity (Wildman–Crippen MR) is 68.0 cm³/mol. The number of hydrogen-bond donors (Lipinski definition) is 1. The molecule has 0 radical (unpaired) electrons. The molecule has 0 aromatic heterocycles. The number of rotatable bonds is 3. The van der Waals surface area contributed by atoms with Gasteiger partial charge in [0.15, 0.2) is 5.11 Å². The molecule has 86 valence electrons. The van der Waals surface area contributed by atoms with Crippen LogP contribution in [0.15, 0.2) is 0 Å². The molecule has 0 atom stereocenters. The molecule has 0 saturated heterocycles. The highest BCUT2D eigenvalue weighted by molar-refractivity contribution is 7.80. The van der Waals surface area contributed by atoms with Crippen LogP contribution >= 0.6 is 12.2 Å². The zero-order valence-electron chi connectivity index (χ0n) is 9.67. The molecule has 2 nitrogen and oxygen atoms in total.